The molecule has 0 radical (unpaired) electrons. The van der Waals surface area contributed by atoms with Gasteiger partial charge in [-0.05, 0) is 12.5 Å². The number of esters is 1. The van der Waals surface area contributed by atoms with Crippen molar-refractivity contribution in [2.24, 2.45) is 0 Å². The minimum Gasteiger partial charge on any atom is -0.500 e. The fraction of sp³-hybridized carbons (Fsp3) is 0.286. The van der Waals surface area contributed by atoms with E-state index < -0.39 is 16.3 Å². The van der Waals surface area contributed by atoms with Crippen molar-refractivity contribution in [2.75, 3.05) is 13.7 Å². The van der Waals surface area contributed by atoms with Crippen molar-refractivity contribution in [3.63, 3.8) is 0 Å². The molecule has 112 valence electrons. The molecule has 0 fully saturated rings. The Morgan fingerprint density at radius 1 is 1.52 bits per heavy atom. The first-order chi connectivity index (χ1) is 10.0. The number of hydrogen-bond acceptors (Lipinski definition) is 6. The van der Waals surface area contributed by atoms with Crippen LogP contribution in [-0.4, -0.2) is 29.6 Å². The summed E-state index contributed by atoms with van der Waals surface area (Å²) in [5, 5.41) is 10.7. The van der Waals surface area contributed by atoms with Gasteiger partial charge in [-0.3, -0.25) is 19.9 Å². The predicted octanol–water partition coefficient (Wildman–Crippen LogP) is 2.14. The van der Waals surface area contributed by atoms with E-state index in [9.17, 15) is 14.9 Å². The van der Waals surface area contributed by atoms with Gasteiger partial charge >= 0.3 is 5.97 Å². The Kier molecular flexibility index (Phi) is 5.59. The Morgan fingerprint density at radius 3 is 2.67 bits per heavy atom. The third kappa shape index (κ3) is 3.44. The number of pyridine rings is 1. The van der Waals surface area contributed by atoms with Crippen LogP contribution < -0.4 is 0 Å². The molecule has 0 amide bonds. The maximum absolute atomic E-state index is 12.2. The topological polar surface area (TPSA) is 91.6 Å². The SMILES string of the molecule is C=CCC(COC=C)(C(=O)OC)c1ccc([N+](=O)[O-])cn1. The van der Waals surface area contributed by atoms with E-state index >= 15 is 0 Å². The first-order valence-electron chi connectivity index (χ1n) is 6.04. The third-order valence-electron chi connectivity index (χ3n) is 2.97. The van der Waals surface area contributed by atoms with Crippen LogP contribution in [0.1, 0.15) is 12.1 Å². The largest absolute Gasteiger partial charge is 0.500 e. The zero-order valence-electron chi connectivity index (χ0n) is 11.7. The predicted molar refractivity (Wildman–Crippen MR) is 75.5 cm³/mol. The summed E-state index contributed by atoms with van der Waals surface area (Å²) in [6.45, 7) is 6.99. The second-order valence-corrected chi connectivity index (χ2v) is 4.20. The van der Waals surface area contributed by atoms with Crippen molar-refractivity contribution in [2.45, 2.75) is 11.8 Å². The van der Waals surface area contributed by atoms with Gasteiger partial charge in [-0.25, -0.2) is 0 Å². The van der Waals surface area contributed by atoms with Gasteiger partial charge in [0.15, 0.2) is 0 Å². The number of nitrogens with zero attached hydrogens (tertiary/aromatic N) is 2. The van der Waals surface area contributed by atoms with E-state index in [2.05, 4.69) is 18.1 Å². The highest BCUT2D eigenvalue weighted by Crippen LogP contribution is 2.30. The van der Waals surface area contributed by atoms with Crippen molar-refractivity contribution < 1.29 is 19.2 Å². The molecule has 0 aliphatic rings. The van der Waals surface area contributed by atoms with Crippen LogP contribution in [0.5, 0.6) is 0 Å². The summed E-state index contributed by atoms with van der Waals surface area (Å²) < 4.78 is 9.97. The molecule has 1 heterocycles. The summed E-state index contributed by atoms with van der Waals surface area (Å²) in [6, 6.07) is 2.68. The van der Waals surface area contributed by atoms with Crippen LogP contribution in [-0.2, 0) is 19.7 Å². The number of aromatic nitrogens is 1. The van der Waals surface area contributed by atoms with Crippen molar-refractivity contribution >= 4 is 11.7 Å². The van der Waals surface area contributed by atoms with Crippen LogP contribution in [0, 0.1) is 10.1 Å². The average molecular weight is 292 g/mol. The van der Waals surface area contributed by atoms with Gasteiger partial charge in [0.1, 0.15) is 18.2 Å². The molecule has 21 heavy (non-hydrogen) atoms. The van der Waals surface area contributed by atoms with Gasteiger partial charge in [0, 0.05) is 6.07 Å². The number of methoxy groups -OCH3 is 1. The molecule has 1 rings (SSSR count). The molecule has 0 aliphatic heterocycles. The highest BCUT2D eigenvalue weighted by atomic mass is 16.6. The lowest BCUT2D eigenvalue weighted by atomic mass is 9.81. The van der Waals surface area contributed by atoms with E-state index in [1.54, 1.807) is 0 Å². The lowest BCUT2D eigenvalue weighted by Gasteiger charge is -2.28. The van der Waals surface area contributed by atoms with Gasteiger partial charge in [0.25, 0.3) is 5.69 Å². The van der Waals surface area contributed by atoms with E-state index in [0.29, 0.717) is 5.69 Å². The Balaban J connectivity index is 3.31. The van der Waals surface area contributed by atoms with Gasteiger partial charge < -0.3 is 9.47 Å². The summed E-state index contributed by atoms with van der Waals surface area (Å²) in [6.07, 6.45) is 4.03. The molecule has 1 aromatic heterocycles. The Hall–Kier alpha value is -2.70. The van der Waals surface area contributed by atoms with Crippen LogP contribution in [0.3, 0.4) is 0 Å². The Bertz CT molecular complexity index is 541. The minimum absolute atomic E-state index is 0.0556. The molecular formula is C14H16N2O5. The van der Waals surface area contributed by atoms with E-state index in [1.807, 2.05) is 0 Å². The van der Waals surface area contributed by atoms with Crippen LogP contribution in [0.4, 0.5) is 5.69 Å². The molecule has 0 aromatic carbocycles. The lowest BCUT2D eigenvalue weighted by molar-refractivity contribution is -0.385. The molecule has 0 N–H and O–H groups in total. The molecule has 0 spiro atoms. The van der Waals surface area contributed by atoms with Crippen LogP contribution in [0.25, 0.3) is 0 Å². The molecule has 7 nitrogen and oxygen atoms in total. The zero-order chi connectivity index (χ0) is 15.9. The number of carbonyl (C=O) groups is 1. The molecule has 1 atom stereocenters. The van der Waals surface area contributed by atoms with E-state index in [4.69, 9.17) is 9.47 Å². The summed E-state index contributed by atoms with van der Waals surface area (Å²) in [5.41, 5.74) is -1.08. The monoisotopic (exact) mass is 292 g/mol. The van der Waals surface area contributed by atoms with Crippen LogP contribution in [0.15, 0.2) is 43.8 Å². The van der Waals surface area contributed by atoms with Gasteiger partial charge in [-0.2, -0.15) is 0 Å². The van der Waals surface area contributed by atoms with Gasteiger partial charge in [0.2, 0.25) is 0 Å². The molecule has 0 saturated heterocycles. The standard InChI is InChI=1S/C14H16N2O5/c1-4-8-14(10-21-5-2,13(17)20-3)12-7-6-11(9-15-12)16(18)19/h4-7,9H,1-2,8,10H2,3H3. The van der Waals surface area contributed by atoms with Gasteiger partial charge in [-0.15, -0.1) is 6.58 Å². The summed E-state index contributed by atoms with van der Waals surface area (Å²) in [5.74, 6) is -0.564. The maximum atomic E-state index is 12.2. The molecule has 7 heteroatoms. The fourth-order valence-electron chi connectivity index (χ4n) is 1.90. The molecular weight excluding hydrogens is 276 g/mol. The van der Waals surface area contributed by atoms with Gasteiger partial charge in [-0.1, -0.05) is 12.7 Å². The summed E-state index contributed by atoms with van der Waals surface area (Å²) >= 11 is 0. The first-order valence-corrected chi connectivity index (χ1v) is 6.04. The Labute approximate surface area is 122 Å². The van der Waals surface area contributed by atoms with Crippen LogP contribution >= 0.6 is 0 Å². The summed E-state index contributed by atoms with van der Waals surface area (Å²) in [4.78, 5) is 26.3. The number of carbonyl (C=O) groups excluding carboxylic acids is 1. The third-order valence-corrected chi connectivity index (χ3v) is 2.97. The highest BCUT2D eigenvalue weighted by Gasteiger charge is 2.43. The number of hydrogen-bond donors (Lipinski definition) is 0. The first kappa shape index (κ1) is 16.4. The number of nitro groups is 1. The number of allylic oxidation sites excluding steroid dienone is 1. The van der Waals surface area contributed by atoms with Crippen molar-refractivity contribution in [3.05, 3.63) is 59.6 Å². The molecule has 0 aliphatic carbocycles. The molecule has 0 bridgehead atoms. The quantitative estimate of drug-likeness (QED) is 0.240. The van der Waals surface area contributed by atoms with Crippen molar-refractivity contribution in [1.29, 1.82) is 0 Å². The second-order valence-electron chi connectivity index (χ2n) is 4.20. The fourth-order valence-corrected chi connectivity index (χ4v) is 1.90. The van der Waals surface area contributed by atoms with Crippen molar-refractivity contribution in [1.82, 2.24) is 4.98 Å². The van der Waals surface area contributed by atoms with E-state index in [1.165, 1.54) is 31.6 Å². The Morgan fingerprint density at radius 2 is 2.24 bits per heavy atom. The lowest BCUT2D eigenvalue weighted by Crippen LogP contribution is -2.41. The summed E-state index contributed by atoms with van der Waals surface area (Å²) in [7, 11) is 1.25. The van der Waals surface area contributed by atoms with E-state index in [-0.39, 0.29) is 18.7 Å². The molecule has 0 saturated carbocycles. The van der Waals surface area contributed by atoms with E-state index in [0.717, 1.165) is 6.20 Å². The normalized spacial score (nSPS) is 12.8. The number of ether oxygens (including phenoxy) is 2. The average Bonchev–Trinajstić information content (AvgIpc) is 2.50. The van der Waals surface area contributed by atoms with Gasteiger partial charge in [0.05, 0.1) is 24.0 Å². The zero-order valence-corrected chi connectivity index (χ0v) is 11.7. The number of rotatable bonds is 8. The van der Waals surface area contributed by atoms with Crippen LogP contribution in [0.2, 0.25) is 0 Å². The minimum atomic E-state index is -1.22. The smallest absolute Gasteiger partial charge is 0.321 e. The molecule has 1 aromatic rings. The van der Waals surface area contributed by atoms with Crippen molar-refractivity contribution in [3.8, 4) is 0 Å². The highest BCUT2D eigenvalue weighted by molar-refractivity contribution is 5.83. The second kappa shape index (κ2) is 7.18. The maximum Gasteiger partial charge on any atom is 0.321 e. The molecule has 1 unspecified atom stereocenters.